The Morgan fingerprint density at radius 1 is 1.41 bits per heavy atom. The van der Waals surface area contributed by atoms with Crippen LogP contribution in [-0.4, -0.2) is 24.7 Å². The zero-order valence-electron chi connectivity index (χ0n) is 10.6. The topological polar surface area (TPSA) is 34.1 Å². The number of halogens is 1. The Balaban J connectivity index is 2.64. The first-order valence-corrected chi connectivity index (χ1v) is 6.20. The maximum Gasteiger partial charge on any atom is 0.146 e. The summed E-state index contributed by atoms with van der Waals surface area (Å²) in [7, 11) is 0. The van der Waals surface area contributed by atoms with E-state index in [9.17, 15) is 4.39 Å². The smallest absolute Gasteiger partial charge is 0.146 e. The summed E-state index contributed by atoms with van der Waals surface area (Å²) < 4.78 is 19.1. The molecule has 0 amide bonds. The lowest BCUT2D eigenvalue weighted by molar-refractivity contribution is 0.111. The van der Waals surface area contributed by atoms with E-state index in [2.05, 4.69) is 24.1 Å². The highest BCUT2D eigenvalue weighted by molar-refractivity contribution is 5.17. The minimum Gasteiger partial charge on any atom is -0.379 e. The molecule has 0 saturated carbocycles. The van der Waals surface area contributed by atoms with Gasteiger partial charge in [0.05, 0.1) is 18.8 Å². The average molecular weight is 240 g/mol. The van der Waals surface area contributed by atoms with Crippen LogP contribution in [0.2, 0.25) is 0 Å². The van der Waals surface area contributed by atoms with E-state index in [-0.39, 0.29) is 11.9 Å². The molecule has 0 spiro atoms. The Bertz CT molecular complexity index is 320. The van der Waals surface area contributed by atoms with E-state index in [0.717, 1.165) is 19.4 Å². The van der Waals surface area contributed by atoms with Crippen molar-refractivity contribution in [1.29, 1.82) is 0 Å². The molecular formula is C13H21FN2O. The first-order valence-electron chi connectivity index (χ1n) is 6.20. The maximum atomic E-state index is 13.6. The predicted octanol–water partition coefficient (Wildman–Crippen LogP) is 2.69. The van der Waals surface area contributed by atoms with Gasteiger partial charge in [-0.25, -0.2) is 4.39 Å². The zero-order chi connectivity index (χ0) is 12.5. The van der Waals surface area contributed by atoms with Crippen LogP contribution in [-0.2, 0) is 4.74 Å². The van der Waals surface area contributed by atoms with E-state index >= 15 is 0 Å². The molecule has 0 radical (unpaired) electrons. The van der Waals surface area contributed by atoms with E-state index in [1.165, 1.54) is 6.20 Å². The lowest BCUT2D eigenvalue weighted by Gasteiger charge is -2.19. The Morgan fingerprint density at radius 2 is 2.24 bits per heavy atom. The van der Waals surface area contributed by atoms with Crippen LogP contribution in [0.15, 0.2) is 18.5 Å². The molecule has 0 aliphatic carbocycles. The van der Waals surface area contributed by atoms with Crippen molar-refractivity contribution in [3.8, 4) is 0 Å². The van der Waals surface area contributed by atoms with E-state index in [1.807, 2.05) is 0 Å². The summed E-state index contributed by atoms with van der Waals surface area (Å²) in [5.41, 5.74) is 0.629. The molecular weight excluding hydrogens is 219 g/mol. The Hall–Kier alpha value is -1.00. The highest BCUT2D eigenvalue weighted by Crippen LogP contribution is 2.16. The Kier molecular flexibility index (Phi) is 6.74. The van der Waals surface area contributed by atoms with E-state index in [0.29, 0.717) is 18.8 Å². The molecule has 1 heterocycles. The molecule has 0 fully saturated rings. The number of pyridine rings is 1. The number of nitrogens with one attached hydrogen (secondary N) is 1. The van der Waals surface area contributed by atoms with Gasteiger partial charge in [0.25, 0.3) is 0 Å². The molecule has 1 atom stereocenters. The van der Waals surface area contributed by atoms with Crippen LogP contribution in [0.4, 0.5) is 4.39 Å². The zero-order valence-corrected chi connectivity index (χ0v) is 10.6. The number of hydrogen-bond acceptors (Lipinski definition) is 3. The van der Waals surface area contributed by atoms with Crippen LogP contribution in [0, 0.1) is 5.82 Å². The van der Waals surface area contributed by atoms with Crippen molar-refractivity contribution < 1.29 is 9.13 Å². The third-order valence-electron chi connectivity index (χ3n) is 2.45. The number of hydrogen-bond donors (Lipinski definition) is 1. The monoisotopic (exact) mass is 240 g/mol. The summed E-state index contributed by atoms with van der Waals surface area (Å²) in [4.78, 5) is 3.76. The van der Waals surface area contributed by atoms with Crippen LogP contribution in [0.3, 0.4) is 0 Å². The molecule has 1 N–H and O–H groups in total. The van der Waals surface area contributed by atoms with Gasteiger partial charge in [-0.15, -0.1) is 0 Å². The van der Waals surface area contributed by atoms with Gasteiger partial charge in [0.1, 0.15) is 5.82 Å². The molecule has 0 aliphatic rings. The molecule has 96 valence electrons. The van der Waals surface area contributed by atoms with Crippen molar-refractivity contribution in [3.05, 3.63) is 29.8 Å². The third-order valence-corrected chi connectivity index (χ3v) is 2.45. The van der Waals surface area contributed by atoms with Crippen molar-refractivity contribution >= 4 is 0 Å². The molecule has 0 aliphatic heterocycles. The molecule has 1 aromatic heterocycles. The van der Waals surface area contributed by atoms with Crippen LogP contribution in [0.25, 0.3) is 0 Å². The maximum absolute atomic E-state index is 13.6. The number of aromatic nitrogens is 1. The molecule has 0 aromatic carbocycles. The number of nitrogens with zero attached hydrogens (tertiary/aromatic N) is 1. The van der Waals surface area contributed by atoms with Gasteiger partial charge in [-0.3, -0.25) is 4.98 Å². The second-order valence-corrected chi connectivity index (χ2v) is 3.98. The van der Waals surface area contributed by atoms with Gasteiger partial charge in [0, 0.05) is 18.4 Å². The molecule has 17 heavy (non-hydrogen) atoms. The van der Waals surface area contributed by atoms with Crippen LogP contribution >= 0.6 is 0 Å². The SMILES string of the molecule is CCCNC(COCCC)c1ccncc1F. The Morgan fingerprint density at radius 3 is 2.88 bits per heavy atom. The summed E-state index contributed by atoms with van der Waals surface area (Å²) in [5.74, 6) is -0.277. The minimum absolute atomic E-state index is 0.0931. The van der Waals surface area contributed by atoms with Gasteiger partial charge in [-0.2, -0.15) is 0 Å². The predicted molar refractivity (Wildman–Crippen MR) is 66.3 cm³/mol. The van der Waals surface area contributed by atoms with Crippen molar-refractivity contribution in [2.75, 3.05) is 19.8 Å². The van der Waals surface area contributed by atoms with Crippen LogP contribution < -0.4 is 5.32 Å². The molecule has 1 aromatic rings. The van der Waals surface area contributed by atoms with Crippen molar-refractivity contribution in [3.63, 3.8) is 0 Å². The highest BCUT2D eigenvalue weighted by Gasteiger charge is 2.14. The lowest BCUT2D eigenvalue weighted by atomic mass is 10.1. The van der Waals surface area contributed by atoms with Crippen molar-refractivity contribution in [1.82, 2.24) is 10.3 Å². The largest absolute Gasteiger partial charge is 0.379 e. The van der Waals surface area contributed by atoms with Gasteiger partial charge in [-0.05, 0) is 25.5 Å². The minimum atomic E-state index is -0.277. The van der Waals surface area contributed by atoms with E-state index < -0.39 is 0 Å². The van der Waals surface area contributed by atoms with Gasteiger partial charge in [0.15, 0.2) is 0 Å². The fourth-order valence-corrected chi connectivity index (χ4v) is 1.59. The second kappa shape index (κ2) is 8.14. The lowest BCUT2D eigenvalue weighted by Crippen LogP contribution is -2.27. The molecule has 1 rings (SSSR count). The average Bonchev–Trinajstić information content (AvgIpc) is 2.35. The molecule has 0 saturated heterocycles. The Labute approximate surface area is 102 Å². The summed E-state index contributed by atoms with van der Waals surface area (Å²) >= 11 is 0. The van der Waals surface area contributed by atoms with Crippen molar-refractivity contribution in [2.45, 2.75) is 32.7 Å². The molecule has 4 heteroatoms. The molecule has 3 nitrogen and oxygen atoms in total. The van der Waals surface area contributed by atoms with Gasteiger partial charge < -0.3 is 10.1 Å². The number of ether oxygens (including phenoxy) is 1. The number of rotatable bonds is 8. The summed E-state index contributed by atoms with van der Waals surface area (Å²) in [6.07, 6.45) is 4.84. The first kappa shape index (κ1) is 14.1. The van der Waals surface area contributed by atoms with Crippen molar-refractivity contribution in [2.24, 2.45) is 0 Å². The summed E-state index contributed by atoms with van der Waals surface area (Å²) in [6, 6.07) is 1.61. The normalized spacial score (nSPS) is 12.6. The van der Waals surface area contributed by atoms with E-state index in [1.54, 1.807) is 12.3 Å². The summed E-state index contributed by atoms with van der Waals surface area (Å²) in [5, 5.41) is 3.29. The quantitative estimate of drug-likeness (QED) is 0.709. The fourth-order valence-electron chi connectivity index (χ4n) is 1.59. The van der Waals surface area contributed by atoms with E-state index in [4.69, 9.17) is 4.74 Å². The molecule has 0 bridgehead atoms. The molecule has 1 unspecified atom stereocenters. The fraction of sp³-hybridized carbons (Fsp3) is 0.615. The standard InChI is InChI=1S/C13H21FN2O/c1-3-6-16-13(10-17-8-4-2)11-5-7-15-9-12(11)14/h5,7,9,13,16H,3-4,6,8,10H2,1-2H3. The van der Waals surface area contributed by atoms with Gasteiger partial charge >= 0.3 is 0 Å². The van der Waals surface area contributed by atoms with Gasteiger partial charge in [-0.1, -0.05) is 13.8 Å². The second-order valence-electron chi connectivity index (χ2n) is 3.98. The van der Waals surface area contributed by atoms with Gasteiger partial charge in [0.2, 0.25) is 0 Å². The van der Waals surface area contributed by atoms with Crippen LogP contribution in [0.1, 0.15) is 38.3 Å². The third kappa shape index (κ3) is 4.79. The highest BCUT2D eigenvalue weighted by atomic mass is 19.1. The first-order chi connectivity index (χ1) is 8.29. The van der Waals surface area contributed by atoms with Crippen LogP contribution in [0.5, 0.6) is 0 Å². The summed E-state index contributed by atoms with van der Waals surface area (Å²) in [6.45, 7) is 6.19.